The lowest BCUT2D eigenvalue weighted by molar-refractivity contribution is 0.0925. The van der Waals surface area contributed by atoms with Crippen molar-refractivity contribution in [3.05, 3.63) is 88.3 Å². The minimum atomic E-state index is -0.560. The summed E-state index contributed by atoms with van der Waals surface area (Å²) in [6.45, 7) is 2.16. The van der Waals surface area contributed by atoms with E-state index in [1.54, 1.807) is 43.3 Å². The van der Waals surface area contributed by atoms with Crippen LogP contribution in [0.5, 0.6) is 5.75 Å². The Labute approximate surface area is 204 Å². The predicted molar refractivity (Wildman–Crippen MR) is 130 cm³/mol. The number of anilines is 3. The van der Waals surface area contributed by atoms with E-state index in [1.807, 2.05) is 0 Å². The molecule has 0 aliphatic carbocycles. The summed E-state index contributed by atoms with van der Waals surface area (Å²) in [7, 11) is 0. The second kappa shape index (κ2) is 8.70. The largest absolute Gasteiger partial charge is 0.493 e. The Hall–Kier alpha value is -4.48. The van der Waals surface area contributed by atoms with E-state index in [9.17, 15) is 19.2 Å². The zero-order chi connectivity index (χ0) is 24.7. The first-order chi connectivity index (χ1) is 16.9. The van der Waals surface area contributed by atoms with Crippen molar-refractivity contribution in [2.24, 2.45) is 0 Å². The van der Waals surface area contributed by atoms with Crippen molar-refractivity contribution in [1.82, 2.24) is 4.98 Å². The summed E-state index contributed by atoms with van der Waals surface area (Å²) < 4.78 is 19.1. The lowest BCUT2D eigenvalue weighted by Crippen LogP contribution is -2.29. The molecule has 2 heterocycles. The van der Waals surface area contributed by atoms with E-state index in [0.717, 1.165) is 4.90 Å². The lowest BCUT2D eigenvalue weighted by atomic mass is 10.1. The molecule has 1 aromatic heterocycles. The van der Waals surface area contributed by atoms with Gasteiger partial charge in [-0.3, -0.25) is 14.6 Å². The molecule has 0 spiro atoms. The molecule has 0 atom stereocenters. The number of amides is 2. The topological polar surface area (TPSA) is 95.3 Å². The Kier molecular flexibility index (Phi) is 5.55. The molecule has 0 fully saturated rings. The summed E-state index contributed by atoms with van der Waals surface area (Å²) in [6.07, 6.45) is 1.38. The van der Waals surface area contributed by atoms with Crippen molar-refractivity contribution in [3.63, 3.8) is 0 Å². The van der Waals surface area contributed by atoms with E-state index in [2.05, 4.69) is 16.4 Å². The van der Waals surface area contributed by atoms with Gasteiger partial charge in [-0.15, -0.1) is 0 Å². The molecule has 2 amide bonds. The van der Waals surface area contributed by atoms with E-state index in [-0.39, 0.29) is 21.7 Å². The van der Waals surface area contributed by atoms with Gasteiger partial charge >= 0.3 is 0 Å². The summed E-state index contributed by atoms with van der Waals surface area (Å²) in [5.74, 6) is -1.15. The van der Waals surface area contributed by atoms with E-state index in [4.69, 9.17) is 16.3 Å². The molecule has 172 valence electrons. The lowest BCUT2D eigenvalue weighted by Gasteiger charge is -2.16. The average Bonchev–Trinajstić information content (AvgIpc) is 3.12. The summed E-state index contributed by atoms with van der Waals surface area (Å²) >= 11 is 5.89. The summed E-state index contributed by atoms with van der Waals surface area (Å²) in [4.78, 5) is 31.7. The van der Waals surface area contributed by atoms with E-state index >= 15 is 0 Å². The molecule has 1 aliphatic rings. The van der Waals surface area contributed by atoms with Gasteiger partial charge < -0.3 is 10.1 Å². The van der Waals surface area contributed by atoms with Gasteiger partial charge in [-0.2, -0.15) is 5.26 Å². The van der Waals surface area contributed by atoms with Crippen LogP contribution >= 0.6 is 11.6 Å². The average molecular weight is 487 g/mol. The molecule has 0 saturated heterocycles. The number of aromatic nitrogens is 1. The number of pyridine rings is 1. The van der Waals surface area contributed by atoms with Gasteiger partial charge in [-0.05, 0) is 55.5 Å². The highest BCUT2D eigenvalue weighted by Crippen LogP contribution is 2.37. The molecular formula is C26H16ClFN4O3. The first-order valence-electron chi connectivity index (χ1n) is 10.6. The number of halogens is 2. The third kappa shape index (κ3) is 3.72. The van der Waals surface area contributed by atoms with Crippen LogP contribution in [0.3, 0.4) is 0 Å². The quantitative estimate of drug-likeness (QED) is 0.356. The van der Waals surface area contributed by atoms with Crippen molar-refractivity contribution in [2.45, 2.75) is 6.92 Å². The Balaban J connectivity index is 1.57. The van der Waals surface area contributed by atoms with Gasteiger partial charge in [0.15, 0.2) is 0 Å². The van der Waals surface area contributed by atoms with Gasteiger partial charge in [-0.25, -0.2) is 9.29 Å². The van der Waals surface area contributed by atoms with Crippen LogP contribution < -0.4 is 15.0 Å². The maximum absolute atomic E-state index is 13.6. The van der Waals surface area contributed by atoms with Gasteiger partial charge in [0.2, 0.25) is 0 Å². The number of ether oxygens (including phenoxy) is 1. The minimum absolute atomic E-state index is 0.0637. The molecular weight excluding hydrogens is 471 g/mol. The van der Waals surface area contributed by atoms with Gasteiger partial charge in [0.05, 0.1) is 45.2 Å². The molecule has 1 N–H and O–H groups in total. The van der Waals surface area contributed by atoms with E-state index in [0.29, 0.717) is 40.3 Å². The van der Waals surface area contributed by atoms with Crippen molar-refractivity contribution >= 4 is 51.4 Å². The van der Waals surface area contributed by atoms with Crippen LogP contribution in [0.15, 0.2) is 60.8 Å². The SMILES string of the molecule is CCOc1cccc2c1C(=O)N(c1ccc3c(Nc4ccc(F)c(Cl)c4)c(C#N)cnc3c1)C2=O. The second-order valence-corrected chi connectivity index (χ2v) is 8.08. The van der Waals surface area contributed by atoms with Crippen LogP contribution in [0, 0.1) is 17.1 Å². The van der Waals surface area contributed by atoms with Crippen LogP contribution in [-0.2, 0) is 0 Å². The van der Waals surface area contributed by atoms with Crippen molar-refractivity contribution < 1.29 is 18.7 Å². The molecule has 0 radical (unpaired) electrons. The predicted octanol–water partition coefficient (Wildman–Crippen LogP) is 5.84. The highest BCUT2D eigenvalue weighted by Gasteiger charge is 2.39. The number of rotatable bonds is 5. The Morgan fingerprint density at radius 2 is 1.97 bits per heavy atom. The number of nitriles is 1. The number of nitrogens with one attached hydrogen (secondary N) is 1. The van der Waals surface area contributed by atoms with E-state index in [1.165, 1.54) is 24.4 Å². The van der Waals surface area contributed by atoms with Crippen molar-refractivity contribution in [2.75, 3.05) is 16.8 Å². The molecule has 1 aliphatic heterocycles. The fourth-order valence-corrected chi connectivity index (χ4v) is 4.20. The van der Waals surface area contributed by atoms with Crippen LogP contribution in [0.25, 0.3) is 10.9 Å². The third-order valence-corrected chi connectivity index (χ3v) is 5.89. The first kappa shape index (κ1) is 22.3. The summed E-state index contributed by atoms with van der Waals surface area (Å²) in [5, 5.41) is 13.2. The maximum Gasteiger partial charge on any atom is 0.269 e. The minimum Gasteiger partial charge on any atom is -0.493 e. The Morgan fingerprint density at radius 3 is 2.71 bits per heavy atom. The number of hydrogen-bond donors (Lipinski definition) is 1. The van der Waals surface area contributed by atoms with Crippen LogP contribution in [0.2, 0.25) is 5.02 Å². The Morgan fingerprint density at radius 1 is 1.14 bits per heavy atom. The molecule has 4 aromatic rings. The fraction of sp³-hybridized carbons (Fsp3) is 0.0769. The smallest absolute Gasteiger partial charge is 0.269 e. The molecule has 35 heavy (non-hydrogen) atoms. The van der Waals surface area contributed by atoms with E-state index < -0.39 is 17.6 Å². The fourth-order valence-electron chi connectivity index (χ4n) is 4.02. The number of benzene rings is 3. The molecule has 9 heteroatoms. The molecule has 0 saturated carbocycles. The number of hydrogen-bond acceptors (Lipinski definition) is 6. The van der Waals surface area contributed by atoms with Crippen LogP contribution in [-0.4, -0.2) is 23.4 Å². The monoisotopic (exact) mass is 486 g/mol. The number of fused-ring (bicyclic) bond motifs is 2. The number of carbonyl (C=O) groups is 2. The molecule has 0 unspecified atom stereocenters. The Bertz CT molecular complexity index is 1580. The zero-order valence-corrected chi connectivity index (χ0v) is 19.1. The highest BCUT2D eigenvalue weighted by molar-refractivity contribution is 6.35. The molecule has 3 aromatic carbocycles. The highest BCUT2D eigenvalue weighted by atomic mass is 35.5. The zero-order valence-electron chi connectivity index (χ0n) is 18.3. The van der Waals surface area contributed by atoms with Gasteiger partial charge in [0, 0.05) is 17.3 Å². The third-order valence-electron chi connectivity index (χ3n) is 5.60. The summed E-state index contributed by atoms with van der Waals surface area (Å²) in [6, 6.07) is 16.0. The molecule has 0 bridgehead atoms. The number of imide groups is 1. The summed E-state index contributed by atoms with van der Waals surface area (Å²) in [5.41, 5.74) is 2.44. The number of carbonyl (C=O) groups excluding carboxylic acids is 2. The van der Waals surface area contributed by atoms with Crippen LogP contribution in [0.1, 0.15) is 33.2 Å². The van der Waals surface area contributed by atoms with Gasteiger partial charge in [0.1, 0.15) is 17.6 Å². The van der Waals surface area contributed by atoms with Crippen molar-refractivity contribution in [1.29, 1.82) is 5.26 Å². The first-order valence-corrected chi connectivity index (χ1v) is 11.0. The molecule has 5 rings (SSSR count). The van der Waals surface area contributed by atoms with Crippen LogP contribution in [0.4, 0.5) is 21.5 Å². The van der Waals surface area contributed by atoms with Gasteiger partial charge in [-0.1, -0.05) is 17.7 Å². The second-order valence-electron chi connectivity index (χ2n) is 7.67. The normalized spacial score (nSPS) is 12.6. The molecule has 7 nitrogen and oxygen atoms in total. The van der Waals surface area contributed by atoms with Crippen molar-refractivity contribution in [3.8, 4) is 11.8 Å². The maximum atomic E-state index is 13.6. The number of nitrogens with zero attached hydrogens (tertiary/aromatic N) is 3. The van der Waals surface area contributed by atoms with Gasteiger partial charge in [0.25, 0.3) is 11.8 Å². The standard InChI is InChI=1S/C26H16ClFN4O3/c1-2-35-22-5-3-4-18-23(22)26(34)32(25(18)33)16-7-8-17-21(11-16)30-13-14(12-29)24(17)31-15-6-9-20(28)19(27)10-15/h3-11,13H,2H2,1H3,(H,30,31).